The topological polar surface area (TPSA) is 0 Å². The molecular weight excluding hydrogens is 559 g/mol. The van der Waals surface area contributed by atoms with Crippen LogP contribution in [-0.4, -0.2) is 0 Å². The average Bonchev–Trinajstić information content (AvgIpc) is 3.40. The van der Waals surface area contributed by atoms with E-state index >= 15 is 0 Å². The third-order valence-corrected chi connectivity index (χ3v) is 2.22. The fourth-order valence-electron chi connectivity index (χ4n) is 1.28. The minimum atomic E-state index is 0. The van der Waals surface area contributed by atoms with Gasteiger partial charge in [-0.2, -0.15) is 72.8 Å². The molecule has 0 unspecified atom stereocenters. The molecule has 0 fully saturated rings. The van der Waals surface area contributed by atoms with E-state index in [0.717, 1.165) is 0 Å². The van der Waals surface area contributed by atoms with Crippen LogP contribution in [0.2, 0.25) is 0 Å². The van der Waals surface area contributed by atoms with Crippen LogP contribution in [-0.2, 0) is 50.3 Å². The third-order valence-electron chi connectivity index (χ3n) is 2.22. The molecule has 27 heavy (non-hydrogen) atoms. The molecule has 0 aliphatic carbocycles. The first-order chi connectivity index (χ1) is 10.0. The van der Waals surface area contributed by atoms with Gasteiger partial charge in [0.2, 0.25) is 0 Å². The van der Waals surface area contributed by atoms with Crippen LogP contribution in [0.25, 0.3) is 0 Å². The van der Waals surface area contributed by atoms with Crippen LogP contribution in [0.5, 0.6) is 0 Å². The Balaban J connectivity index is -0.0000000364. The second kappa shape index (κ2) is 40.7. The second-order valence-electron chi connectivity index (χ2n) is 3.85. The van der Waals surface area contributed by atoms with E-state index in [1.807, 2.05) is 121 Å². The largest absolute Gasteiger partial charge is 3.00 e. The molecule has 0 spiro atoms. The summed E-state index contributed by atoms with van der Waals surface area (Å²) in [5.41, 5.74) is 0. The van der Waals surface area contributed by atoms with Crippen molar-refractivity contribution in [2.45, 2.75) is 0 Å². The number of hydrogen-bond acceptors (Lipinski definition) is 0. The predicted octanol–water partition coefficient (Wildman–Crippen LogP) is -6.37. The summed E-state index contributed by atoms with van der Waals surface area (Å²) >= 11 is 0. The van der Waals surface area contributed by atoms with Crippen molar-refractivity contribution in [1.82, 2.24) is 0 Å². The summed E-state index contributed by atoms with van der Waals surface area (Å²) in [6, 6.07) is 40.0. The van der Waals surface area contributed by atoms with Crippen LogP contribution in [0.1, 0.15) is 0 Å². The summed E-state index contributed by atoms with van der Waals surface area (Å²) in [5.74, 6) is 0. The molecule has 0 heterocycles. The smallest absolute Gasteiger partial charge is 1.00 e. The molecule has 0 aliphatic heterocycles. The maximum absolute atomic E-state index is 2.00. The third kappa shape index (κ3) is 37.5. The van der Waals surface area contributed by atoms with Gasteiger partial charge in [-0.25, -0.2) is 48.5 Å². The number of rotatable bonds is 0. The van der Waals surface area contributed by atoms with Gasteiger partial charge in [0.05, 0.1) is 0 Å². The first kappa shape index (κ1) is 45.7. The Bertz CT molecular complexity index is 360. The molecule has 0 N–H and O–H groups in total. The van der Waals surface area contributed by atoms with Crippen LogP contribution in [0.3, 0.4) is 0 Å². The Morgan fingerprint density at radius 3 is 0.444 bits per heavy atom. The summed E-state index contributed by atoms with van der Waals surface area (Å²) in [5, 5.41) is 0. The van der Waals surface area contributed by atoms with Crippen LogP contribution in [0, 0.1) is 0 Å². The molecule has 0 saturated carbocycles. The van der Waals surface area contributed by atoms with Crippen molar-refractivity contribution in [1.29, 1.82) is 0 Å². The second-order valence-corrected chi connectivity index (χ2v) is 3.85. The molecule has 0 bridgehead atoms. The minimum absolute atomic E-state index is 0. The van der Waals surface area contributed by atoms with E-state index in [2.05, 4.69) is 0 Å². The maximum atomic E-state index is 2.00. The Hall–Kier alpha value is 0.0795. The molecule has 0 amide bonds. The van der Waals surface area contributed by atoms with Crippen molar-refractivity contribution in [2.75, 3.05) is 0 Å². The summed E-state index contributed by atoms with van der Waals surface area (Å²) < 4.78 is 0. The molecule has 4 rings (SSSR count). The monoisotopic (exact) mass is 577 g/mol. The quantitative estimate of drug-likeness (QED) is 0.182. The van der Waals surface area contributed by atoms with Gasteiger partial charge < -0.3 is 49.6 Å². The molecule has 0 atom stereocenters. The van der Waals surface area contributed by atoms with E-state index in [0.29, 0.717) is 0 Å². The van der Waals surface area contributed by atoms with Gasteiger partial charge in [-0.05, 0) is 0 Å². The van der Waals surface area contributed by atoms with E-state index in [9.17, 15) is 0 Å². The predicted molar refractivity (Wildman–Crippen MR) is 88.1 cm³/mol. The Morgan fingerprint density at radius 1 is 0.296 bits per heavy atom. The molecule has 1 radical (unpaired) electrons. The molecule has 0 nitrogen and oxygen atoms in total. The van der Waals surface area contributed by atoms with Gasteiger partial charge in [0.25, 0.3) is 0 Å². The van der Waals surface area contributed by atoms with Crippen LogP contribution in [0.4, 0.5) is 0 Å². The van der Waals surface area contributed by atoms with Gasteiger partial charge in [-0.15, -0.1) is 0 Å². The Kier molecular flexibility index (Phi) is 68.8. The maximum Gasteiger partial charge on any atom is 3.00 e. The molecule has 4 aromatic carbocycles. The van der Waals surface area contributed by atoms with E-state index in [-0.39, 0.29) is 100.0 Å². The van der Waals surface area contributed by atoms with Crippen molar-refractivity contribution < 1.29 is 100.0 Å². The van der Waals surface area contributed by atoms with Crippen LogP contribution >= 0.6 is 0 Å². The minimum Gasteiger partial charge on any atom is -1.00 e. The Labute approximate surface area is 219 Å². The zero-order valence-corrected chi connectivity index (χ0v) is 20.2. The molecule has 0 aliphatic rings. The van der Waals surface area contributed by atoms with Crippen molar-refractivity contribution in [2.24, 2.45) is 0 Å². The van der Waals surface area contributed by atoms with Crippen LogP contribution in [0.15, 0.2) is 121 Å². The first-order valence-electron chi connectivity index (χ1n) is 6.67. The van der Waals surface area contributed by atoms with Gasteiger partial charge >= 0.3 is 50.3 Å². The summed E-state index contributed by atoms with van der Waals surface area (Å²) in [4.78, 5) is 0. The molecule has 4 aromatic rings. The van der Waals surface area contributed by atoms with E-state index in [1.54, 1.807) is 0 Å². The average molecular weight is 579 g/mol. The van der Waals surface area contributed by atoms with Gasteiger partial charge in [-0.1, -0.05) is 0 Å². The number of halogens is 4. The fourth-order valence-corrected chi connectivity index (χ4v) is 1.28. The molecule has 0 aromatic heterocycles. The summed E-state index contributed by atoms with van der Waals surface area (Å²) in [6.45, 7) is 0. The van der Waals surface area contributed by atoms with E-state index < -0.39 is 0 Å². The van der Waals surface area contributed by atoms with Crippen molar-refractivity contribution in [3.63, 3.8) is 0 Å². The molecule has 155 valence electrons. The van der Waals surface area contributed by atoms with Gasteiger partial charge in [0.1, 0.15) is 0 Å². The van der Waals surface area contributed by atoms with E-state index in [4.69, 9.17) is 0 Å². The van der Waals surface area contributed by atoms with Gasteiger partial charge in [0, 0.05) is 0 Å². The van der Waals surface area contributed by atoms with Crippen LogP contribution < -0.4 is 49.6 Å². The zero-order valence-electron chi connectivity index (χ0n) is 14.1. The summed E-state index contributed by atoms with van der Waals surface area (Å²) in [6.07, 6.45) is 0. The molecule has 7 heteroatoms. The van der Waals surface area contributed by atoms with Crippen molar-refractivity contribution >= 4 is 0 Å². The zero-order chi connectivity index (χ0) is 14.1. The molecule has 0 saturated heterocycles. The standard InChI is InChI=1S/4C5H5.4ClH.3Co/c4*1-2-4-5-3-1;;;;;;;/h4*1-5H;4*1H;;;/q4*-1;;;;;+2;2*+3/p-4. The normalized spacial score (nSPS) is 5.93. The van der Waals surface area contributed by atoms with Gasteiger partial charge in [0.15, 0.2) is 0 Å². The summed E-state index contributed by atoms with van der Waals surface area (Å²) in [7, 11) is 0. The first-order valence-corrected chi connectivity index (χ1v) is 6.67. The molecular formula is C20H20Cl4Co3. The SMILES string of the molecule is [Cl-].[Cl-].[Cl-].[Cl-].[Co+2].[Co+3].[Co+3].c1cc[cH-]c1.c1cc[cH-]c1.c1cc[cH-]c1.c1cc[cH-]c1. The fraction of sp³-hybridized carbons (Fsp3) is 0. The van der Waals surface area contributed by atoms with E-state index in [1.165, 1.54) is 0 Å². The van der Waals surface area contributed by atoms with Crippen molar-refractivity contribution in [3.05, 3.63) is 121 Å². The van der Waals surface area contributed by atoms with Gasteiger partial charge in [-0.3, -0.25) is 0 Å². The number of hydrogen-bond donors (Lipinski definition) is 0. The van der Waals surface area contributed by atoms with Crippen molar-refractivity contribution in [3.8, 4) is 0 Å². The Morgan fingerprint density at radius 2 is 0.407 bits per heavy atom.